The maximum Gasteiger partial charge on any atom is 0.253 e. The van der Waals surface area contributed by atoms with Gasteiger partial charge in [0.2, 0.25) is 0 Å². The summed E-state index contributed by atoms with van der Waals surface area (Å²) in [5.74, 6) is 1.39. The molecular formula is C23H28N4O. The Morgan fingerprint density at radius 1 is 1.36 bits per heavy atom. The number of aliphatic imine (C=N–C) groups is 1. The fraction of sp³-hybridized carbons (Fsp3) is 0.435. The van der Waals surface area contributed by atoms with Crippen molar-refractivity contribution < 1.29 is 4.79 Å². The van der Waals surface area contributed by atoms with E-state index in [0.717, 1.165) is 74.2 Å². The molecule has 1 atom stereocenters. The molecule has 0 spiro atoms. The average molecular weight is 377 g/mol. The van der Waals surface area contributed by atoms with Gasteiger partial charge in [-0.05, 0) is 74.8 Å². The van der Waals surface area contributed by atoms with E-state index < -0.39 is 0 Å². The lowest BCUT2D eigenvalue weighted by molar-refractivity contribution is 0.0689. The number of carbonyl (C=O) groups excluding carboxylic acids is 1. The molecule has 5 heteroatoms. The summed E-state index contributed by atoms with van der Waals surface area (Å²) in [6.07, 6.45) is 11.3. The fourth-order valence-corrected chi connectivity index (χ4v) is 4.41. The van der Waals surface area contributed by atoms with Crippen LogP contribution in [0.15, 0.2) is 41.5 Å². The zero-order valence-corrected chi connectivity index (χ0v) is 16.6. The number of aryl methyl sites for hydroxylation is 1. The van der Waals surface area contributed by atoms with Crippen LogP contribution in [0.2, 0.25) is 0 Å². The van der Waals surface area contributed by atoms with Gasteiger partial charge < -0.3 is 9.47 Å². The third-order valence-electron chi connectivity index (χ3n) is 5.90. The smallest absolute Gasteiger partial charge is 0.253 e. The molecule has 1 unspecified atom stereocenters. The molecule has 0 radical (unpaired) electrons. The SMILES string of the molecule is C=Cc1nc2cc(C(=O)N3CCCC(C4=CN=CCCC4)C3)ccc2n1CC. The molecule has 2 aromatic rings. The largest absolute Gasteiger partial charge is 0.338 e. The Labute approximate surface area is 166 Å². The summed E-state index contributed by atoms with van der Waals surface area (Å²) in [6.45, 7) is 8.39. The van der Waals surface area contributed by atoms with Crippen molar-refractivity contribution >= 4 is 29.2 Å². The van der Waals surface area contributed by atoms with Crippen molar-refractivity contribution in [1.29, 1.82) is 0 Å². The number of aromatic nitrogens is 2. The van der Waals surface area contributed by atoms with Gasteiger partial charge in [0, 0.05) is 37.6 Å². The van der Waals surface area contributed by atoms with Gasteiger partial charge in [-0.15, -0.1) is 0 Å². The molecule has 4 rings (SSSR count). The second-order valence-corrected chi connectivity index (χ2v) is 7.64. The number of hydrogen-bond donors (Lipinski definition) is 0. The normalized spacial score (nSPS) is 20.1. The standard InChI is InChI=1S/C23H28N4O/c1-3-22-25-20-14-17(10-11-21(20)27(22)4-2)23(28)26-13-7-9-19(16-26)18-8-5-6-12-24-15-18/h3,10-12,14-15,19H,1,4-9,13,16H2,2H3. The number of amides is 1. The van der Waals surface area contributed by atoms with Gasteiger partial charge in [0.25, 0.3) is 5.91 Å². The summed E-state index contributed by atoms with van der Waals surface area (Å²) in [5, 5.41) is 0. The van der Waals surface area contributed by atoms with Crippen molar-refractivity contribution in [2.24, 2.45) is 10.9 Å². The van der Waals surface area contributed by atoms with Gasteiger partial charge in [0.15, 0.2) is 0 Å². The van der Waals surface area contributed by atoms with Gasteiger partial charge in [0.05, 0.1) is 11.0 Å². The third-order valence-corrected chi connectivity index (χ3v) is 5.90. The minimum Gasteiger partial charge on any atom is -0.338 e. The quantitative estimate of drug-likeness (QED) is 0.777. The van der Waals surface area contributed by atoms with Crippen molar-refractivity contribution in [2.75, 3.05) is 13.1 Å². The molecule has 1 fully saturated rings. The number of carbonyl (C=O) groups is 1. The van der Waals surface area contributed by atoms with Crippen molar-refractivity contribution in [1.82, 2.24) is 14.5 Å². The van der Waals surface area contributed by atoms with E-state index in [1.165, 1.54) is 5.57 Å². The van der Waals surface area contributed by atoms with Crippen LogP contribution in [0.3, 0.4) is 0 Å². The first-order valence-electron chi connectivity index (χ1n) is 10.3. The first-order valence-corrected chi connectivity index (χ1v) is 10.3. The second-order valence-electron chi connectivity index (χ2n) is 7.64. The van der Waals surface area contributed by atoms with Gasteiger partial charge >= 0.3 is 0 Å². The van der Waals surface area contributed by atoms with Crippen LogP contribution in [0.5, 0.6) is 0 Å². The number of benzene rings is 1. The van der Waals surface area contributed by atoms with Crippen LogP contribution in [0.1, 0.15) is 55.2 Å². The lowest BCUT2D eigenvalue weighted by Crippen LogP contribution is -2.40. The minimum absolute atomic E-state index is 0.107. The predicted octanol–water partition coefficient (Wildman–Crippen LogP) is 4.69. The minimum atomic E-state index is 0.107. The number of likely N-dealkylation sites (tertiary alicyclic amines) is 1. The summed E-state index contributed by atoms with van der Waals surface area (Å²) >= 11 is 0. The number of imidazole rings is 1. The van der Waals surface area contributed by atoms with E-state index in [1.807, 2.05) is 35.5 Å². The van der Waals surface area contributed by atoms with Crippen LogP contribution in [-0.2, 0) is 6.54 Å². The maximum absolute atomic E-state index is 13.2. The second kappa shape index (κ2) is 8.13. The monoisotopic (exact) mass is 376 g/mol. The molecule has 1 aromatic carbocycles. The Bertz CT molecular complexity index is 953. The highest BCUT2D eigenvalue weighted by molar-refractivity contribution is 5.97. The molecule has 0 saturated carbocycles. The van der Waals surface area contributed by atoms with Gasteiger partial charge in [-0.2, -0.15) is 0 Å². The van der Waals surface area contributed by atoms with Crippen LogP contribution in [-0.4, -0.2) is 39.7 Å². The molecule has 5 nitrogen and oxygen atoms in total. The van der Waals surface area contributed by atoms with Crippen LogP contribution in [0.25, 0.3) is 17.1 Å². The van der Waals surface area contributed by atoms with Crippen molar-refractivity contribution in [3.05, 3.63) is 47.9 Å². The molecule has 146 valence electrons. The van der Waals surface area contributed by atoms with Crippen molar-refractivity contribution in [3.63, 3.8) is 0 Å². The lowest BCUT2D eigenvalue weighted by atomic mass is 9.88. The summed E-state index contributed by atoms with van der Waals surface area (Å²) in [4.78, 5) is 24.2. The topological polar surface area (TPSA) is 50.5 Å². The van der Waals surface area contributed by atoms with Gasteiger partial charge in [-0.1, -0.05) is 6.58 Å². The molecule has 28 heavy (non-hydrogen) atoms. The number of hydrogen-bond acceptors (Lipinski definition) is 3. The fourth-order valence-electron chi connectivity index (χ4n) is 4.41. The first kappa shape index (κ1) is 18.7. The van der Waals surface area contributed by atoms with E-state index in [9.17, 15) is 4.79 Å². The molecule has 1 aromatic heterocycles. The molecule has 0 N–H and O–H groups in total. The number of piperidine rings is 1. The zero-order chi connectivity index (χ0) is 19.5. The molecule has 0 bridgehead atoms. The Kier molecular flexibility index (Phi) is 5.42. The van der Waals surface area contributed by atoms with Crippen molar-refractivity contribution in [3.8, 4) is 0 Å². The highest BCUT2D eigenvalue weighted by Crippen LogP contribution is 2.29. The summed E-state index contributed by atoms with van der Waals surface area (Å²) in [6, 6.07) is 5.87. The van der Waals surface area contributed by atoms with Gasteiger partial charge in [-0.25, -0.2) is 4.98 Å². The Hall–Kier alpha value is -2.69. The molecule has 2 aliphatic heterocycles. The van der Waals surface area contributed by atoms with Gasteiger partial charge in [0.1, 0.15) is 5.82 Å². The number of rotatable bonds is 4. The number of nitrogens with zero attached hydrogens (tertiary/aromatic N) is 4. The molecule has 1 saturated heterocycles. The Morgan fingerprint density at radius 2 is 2.25 bits per heavy atom. The third kappa shape index (κ3) is 3.53. The first-order chi connectivity index (χ1) is 13.7. The highest BCUT2D eigenvalue weighted by Gasteiger charge is 2.27. The molecule has 2 aliphatic rings. The van der Waals surface area contributed by atoms with E-state index in [0.29, 0.717) is 5.92 Å². The lowest BCUT2D eigenvalue weighted by Gasteiger charge is -2.34. The van der Waals surface area contributed by atoms with E-state index in [1.54, 1.807) is 6.08 Å². The van der Waals surface area contributed by atoms with Crippen molar-refractivity contribution in [2.45, 2.75) is 45.6 Å². The Morgan fingerprint density at radius 3 is 3.07 bits per heavy atom. The average Bonchev–Trinajstić information content (AvgIpc) is 2.89. The van der Waals surface area contributed by atoms with E-state index in [2.05, 4.69) is 28.0 Å². The molecule has 3 heterocycles. The zero-order valence-electron chi connectivity index (χ0n) is 16.6. The summed E-state index contributed by atoms with van der Waals surface area (Å²) in [7, 11) is 0. The van der Waals surface area contributed by atoms with Gasteiger partial charge in [-0.3, -0.25) is 9.79 Å². The highest BCUT2D eigenvalue weighted by atomic mass is 16.2. The molecule has 1 amide bonds. The van der Waals surface area contributed by atoms with Crippen LogP contribution in [0.4, 0.5) is 0 Å². The summed E-state index contributed by atoms with van der Waals surface area (Å²) < 4.78 is 2.12. The van der Waals surface area contributed by atoms with Crippen LogP contribution < -0.4 is 0 Å². The Balaban J connectivity index is 1.55. The maximum atomic E-state index is 13.2. The van der Waals surface area contributed by atoms with Crippen LogP contribution in [0, 0.1) is 5.92 Å². The molecule has 0 aliphatic carbocycles. The molecular weight excluding hydrogens is 348 g/mol. The number of fused-ring (bicyclic) bond motifs is 1. The summed E-state index contributed by atoms with van der Waals surface area (Å²) in [5.41, 5.74) is 4.03. The van der Waals surface area contributed by atoms with Crippen LogP contribution >= 0.6 is 0 Å². The predicted molar refractivity (Wildman–Crippen MR) is 115 cm³/mol. The van der Waals surface area contributed by atoms with E-state index >= 15 is 0 Å². The van der Waals surface area contributed by atoms with E-state index in [-0.39, 0.29) is 5.91 Å². The van der Waals surface area contributed by atoms with E-state index in [4.69, 9.17) is 0 Å².